The second kappa shape index (κ2) is 5.79. The molecule has 0 aliphatic carbocycles. The summed E-state index contributed by atoms with van der Waals surface area (Å²) in [7, 11) is 0. The maximum absolute atomic E-state index is 12.6. The summed E-state index contributed by atoms with van der Waals surface area (Å²) in [5.74, 6) is -0.127. The second-order valence-corrected chi connectivity index (χ2v) is 6.07. The molecular weight excluding hydrogens is 306 g/mol. The van der Waals surface area contributed by atoms with Gasteiger partial charge in [-0.1, -0.05) is 0 Å². The number of rotatable bonds is 4. The van der Waals surface area contributed by atoms with Gasteiger partial charge in [-0.05, 0) is 19.9 Å². The van der Waals surface area contributed by atoms with Gasteiger partial charge in [-0.2, -0.15) is 0 Å². The topological polar surface area (TPSA) is 59.2 Å². The Hall–Kier alpha value is -1.99. The van der Waals surface area contributed by atoms with Crippen LogP contribution in [0.3, 0.4) is 0 Å². The molecule has 7 heteroatoms. The number of carbonyl (C=O) groups is 1. The first-order chi connectivity index (χ1) is 10.2. The van der Waals surface area contributed by atoms with Crippen LogP contribution in [0.25, 0.3) is 10.6 Å². The summed E-state index contributed by atoms with van der Waals surface area (Å²) in [6, 6.07) is 1.83. The number of furan rings is 1. The number of anilines is 1. The van der Waals surface area contributed by atoms with Crippen molar-refractivity contribution in [1.29, 1.82) is 0 Å². The monoisotopic (exact) mass is 319 g/mol. The predicted octanol–water partition coefficient (Wildman–Crippen LogP) is 3.83. The van der Waals surface area contributed by atoms with E-state index in [1.165, 1.54) is 22.7 Å². The highest BCUT2D eigenvalue weighted by molar-refractivity contribution is 7.14. The molecule has 0 atom stereocenters. The van der Waals surface area contributed by atoms with Crippen LogP contribution >= 0.6 is 22.7 Å². The van der Waals surface area contributed by atoms with Gasteiger partial charge in [0, 0.05) is 22.9 Å². The molecule has 21 heavy (non-hydrogen) atoms. The molecule has 108 valence electrons. The Kier molecular flexibility index (Phi) is 3.85. The molecule has 3 aromatic rings. The Bertz CT molecular complexity index is 746. The molecule has 3 rings (SSSR count). The van der Waals surface area contributed by atoms with Gasteiger partial charge in [-0.3, -0.25) is 9.69 Å². The summed E-state index contributed by atoms with van der Waals surface area (Å²) in [6.07, 6.45) is 3.21. The van der Waals surface area contributed by atoms with Crippen LogP contribution < -0.4 is 4.90 Å². The van der Waals surface area contributed by atoms with Crippen molar-refractivity contribution in [3.05, 3.63) is 40.7 Å². The van der Waals surface area contributed by atoms with E-state index in [9.17, 15) is 4.79 Å². The maximum Gasteiger partial charge on any atom is 0.279 e. The first kappa shape index (κ1) is 14.0. The Labute approximate surface area is 129 Å². The summed E-state index contributed by atoms with van der Waals surface area (Å²) in [6.45, 7) is 4.40. The van der Waals surface area contributed by atoms with E-state index in [2.05, 4.69) is 9.97 Å². The van der Waals surface area contributed by atoms with Crippen molar-refractivity contribution >= 4 is 33.7 Å². The average Bonchev–Trinajstić information content (AvgIpc) is 3.20. The largest absolute Gasteiger partial charge is 0.472 e. The van der Waals surface area contributed by atoms with Gasteiger partial charge in [0.1, 0.15) is 17.0 Å². The Morgan fingerprint density at radius 2 is 2.19 bits per heavy atom. The number of nitrogens with zero attached hydrogens (tertiary/aromatic N) is 3. The zero-order chi connectivity index (χ0) is 14.8. The smallest absolute Gasteiger partial charge is 0.279 e. The van der Waals surface area contributed by atoms with Crippen LogP contribution in [0.15, 0.2) is 33.8 Å². The number of amides is 1. The van der Waals surface area contributed by atoms with Gasteiger partial charge >= 0.3 is 0 Å². The van der Waals surface area contributed by atoms with Crippen LogP contribution in [0, 0.1) is 6.92 Å². The van der Waals surface area contributed by atoms with E-state index in [-0.39, 0.29) is 5.91 Å². The van der Waals surface area contributed by atoms with E-state index in [0.717, 1.165) is 16.3 Å². The van der Waals surface area contributed by atoms with Gasteiger partial charge in [0.15, 0.2) is 5.13 Å². The highest BCUT2D eigenvalue weighted by Gasteiger charge is 2.21. The lowest BCUT2D eigenvalue weighted by atomic mass is 10.3. The van der Waals surface area contributed by atoms with Crippen LogP contribution in [0.4, 0.5) is 5.13 Å². The third-order valence-electron chi connectivity index (χ3n) is 2.89. The number of aryl methyl sites for hydroxylation is 1. The molecule has 0 saturated heterocycles. The maximum atomic E-state index is 12.6. The molecule has 5 nitrogen and oxygen atoms in total. The normalized spacial score (nSPS) is 10.8. The molecule has 1 amide bonds. The summed E-state index contributed by atoms with van der Waals surface area (Å²) in [5, 5.41) is 5.19. The van der Waals surface area contributed by atoms with E-state index < -0.39 is 0 Å². The molecule has 0 radical (unpaired) electrons. The third-order valence-corrected chi connectivity index (χ3v) is 4.76. The number of hydrogen-bond acceptors (Lipinski definition) is 6. The standard InChI is InChI=1S/C14H13N3O2S2/c1-3-17(14-15-9(2)7-21-14)13(18)11-8-20-12(16-11)10-4-5-19-6-10/h4-8H,3H2,1-2H3. The first-order valence-electron chi connectivity index (χ1n) is 6.41. The van der Waals surface area contributed by atoms with E-state index in [1.807, 2.05) is 25.3 Å². The number of thiazole rings is 2. The number of aromatic nitrogens is 2. The van der Waals surface area contributed by atoms with Gasteiger partial charge in [0.2, 0.25) is 0 Å². The van der Waals surface area contributed by atoms with Crippen LogP contribution in [-0.4, -0.2) is 22.4 Å². The molecule has 0 fully saturated rings. The average molecular weight is 319 g/mol. The fourth-order valence-corrected chi connectivity index (χ4v) is 3.50. The lowest BCUT2D eigenvalue weighted by Gasteiger charge is -2.16. The second-order valence-electron chi connectivity index (χ2n) is 4.37. The van der Waals surface area contributed by atoms with Crippen molar-refractivity contribution in [2.75, 3.05) is 11.4 Å². The van der Waals surface area contributed by atoms with Gasteiger partial charge in [0.05, 0.1) is 12.0 Å². The Morgan fingerprint density at radius 1 is 1.33 bits per heavy atom. The minimum absolute atomic E-state index is 0.127. The lowest BCUT2D eigenvalue weighted by molar-refractivity contribution is 0.0984. The SMILES string of the molecule is CCN(C(=O)c1csc(-c2ccoc2)n1)c1nc(C)cs1. The number of carbonyl (C=O) groups excluding carboxylic acids is 1. The predicted molar refractivity (Wildman–Crippen MR) is 84.0 cm³/mol. The van der Waals surface area contributed by atoms with Crippen LogP contribution in [-0.2, 0) is 0 Å². The van der Waals surface area contributed by atoms with E-state index >= 15 is 0 Å². The third kappa shape index (κ3) is 2.74. The van der Waals surface area contributed by atoms with Crippen LogP contribution in [0.2, 0.25) is 0 Å². The molecule has 0 unspecified atom stereocenters. The molecular formula is C14H13N3O2S2. The molecule has 0 saturated carbocycles. The molecule has 0 aliphatic heterocycles. The first-order valence-corrected chi connectivity index (χ1v) is 8.17. The number of hydrogen-bond donors (Lipinski definition) is 0. The van der Waals surface area contributed by atoms with Gasteiger partial charge < -0.3 is 4.42 Å². The molecule has 0 bridgehead atoms. The van der Waals surface area contributed by atoms with Crippen molar-refractivity contribution in [3.8, 4) is 10.6 Å². The molecule has 0 N–H and O–H groups in total. The summed E-state index contributed by atoms with van der Waals surface area (Å²) < 4.78 is 5.04. The zero-order valence-corrected chi connectivity index (χ0v) is 13.2. The highest BCUT2D eigenvalue weighted by atomic mass is 32.1. The minimum Gasteiger partial charge on any atom is -0.472 e. The van der Waals surface area contributed by atoms with Crippen molar-refractivity contribution in [3.63, 3.8) is 0 Å². The van der Waals surface area contributed by atoms with Crippen molar-refractivity contribution in [2.45, 2.75) is 13.8 Å². The summed E-state index contributed by atoms with van der Waals surface area (Å²) in [5.41, 5.74) is 2.23. The quantitative estimate of drug-likeness (QED) is 0.733. The molecule has 3 heterocycles. The van der Waals surface area contributed by atoms with E-state index in [4.69, 9.17) is 4.42 Å². The van der Waals surface area contributed by atoms with Crippen molar-refractivity contribution in [1.82, 2.24) is 9.97 Å². The van der Waals surface area contributed by atoms with E-state index in [1.54, 1.807) is 22.8 Å². The summed E-state index contributed by atoms with van der Waals surface area (Å²) in [4.78, 5) is 23.0. The van der Waals surface area contributed by atoms with Crippen LogP contribution in [0.1, 0.15) is 23.1 Å². The fourth-order valence-electron chi connectivity index (χ4n) is 1.86. The van der Waals surface area contributed by atoms with Crippen molar-refractivity contribution in [2.24, 2.45) is 0 Å². The molecule has 0 aliphatic rings. The molecule has 0 aromatic carbocycles. The van der Waals surface area contributed by atoms with Crippen LogP contribution in [0.5, 0.6) is 0 Å². The van der Waals surface area contributed by atoms with Gasteiger partial charge in [0.25, 0.3) is 5.91 Å². The fraction of sp³-hybridized carbons (Fsp3) is 0.214. The lowest BCUT2D eigenvalue weighted by Crippen LogP contribution is -2.30. The van der Waals surface area contributed by atoms with Gasteiger partial charge in [-0.25, -0.2) is 9.97 Å². The molecule has 3 aromatic heterocycles. The summed E-state index contributed by atoms with van der Waals surface area (Å²) >= 11 is 2.89. The van der Waals surface area contributed by atoms with E-state index in [0.29, 0.717) is 17.4 Å². The van der Waals surface area contributed by atoms with Gasteiger partial charge in [-0.15, -0.1) is 22.7 Å². The Morgan fingerprint density at radius 3 is 2.81 bits per heavy atom. The van der Waals surface area contributed by atoms with Crippen molar-refractivity contribution < 1.29 is 9.21 Å². The highest BCUT2D eigenvalue weighted by Crippen LogP contribution is 2.26. The zero-order valence-electron chi connectivity index (χ0n) is 11.6. The molecule has 0 spiro atoms. The Balaban J connectivity index is 1.87. The minimum atomic E-state index is -0.127.